The Bertz CT molecular complexity index is 1230. The minimum atomic E-state index is -1.04. The van der Waals surface area contributed by atoms with E-state index in [1.54, 1.807) is 7.11 Å². The number of thiocarbonyl (C=S) groups is 1. The molecule has 5 rings (SSSR count). The molecule has 2 aliphatic rings. The van der Waals surface area contributed by atoms with Crippen LogP contribution in [0.25, 0.3) is 0 Å². The number of nitrogens with one attached hydrogen (secondary N) is 2. The molecule has 2 aliphatic heterocycles. The number of carbonyl (C=O) groups excluding carboxylic acids is 1. The van der Waals surface area contributed by atoms with E-state index in [1.807, 2.05) is 91.5 Å². The number of nitrogens with zero attached hydrogens (tertiary/aromatic N) is 1. The molecule has 0 saturated carbocycles. The van der Waals surface area contributed by atoms with Crippen LogP contribution in [0.15, 0.2) is 72.8 Å². The van der Waals surface area contributed by atoms with Crippen LogP contribution >= 0.6 is 12.2 Å². The number of fused-ring (bicyclic) bond motifs is 4. The molecule has 1 amide bonds. The number of benzene rings is 3. The van der Waals surface area contributed by atoms with Gasteiger partial charge in [0.2, 0.25) is 5.91 Å². The number of anilines is 2. The minimum Gasteiger partial charge on any atom is -0.497 e. The zero-order chi connectivity index (χ0) is 23.2. The van der Waals surface area contributed by atoms with E-state index in [9.17, 15) is 4.79 Å². The highest BCUT2D eigenvalue weighted by molar-refractivity contribution is 7.80. The van der Waals surface area contributed by atoms with Crippen molar-refractivity contribution in [3.05, 3.63) is 83.9 Å². The number of ether oxygens (including phenoxy) is 2. The molecule has 168 valence electrons. The smallest absolute Gasteiger partial charge is 0.236 e. The molecule has 2 N–H and O–H groups in total. The standard InChI is InChI=1S/C26H25N3O3S/c1-16-8-4-6-10-20(16)29-25(33)28-23-19-9-5-7-11-21(19)32-26(29,2)22(23)24(30)27-17-12-14-18(31-3)15-13-17/h4-15,22-23H,1-3H3,(H,27,30)(H,28,33). The Hall–Kier alpha value is -3.58. The third kappa shape index (κ3) is 3.49. The number of hydrogen-bond acceptors (Lipinski definition) is 4. The minimum absolute atomic E-state index is 0.157. The van der Waals surface area contributed by atoms with Gasteiger partial charge in [0.15, 0.2) is 10.8 Å². The number of amides is 1. The van der Waals surface area contributed by atoms with E-state index in [0.717, 1.165) is 28.3 Å². The van der Waals surface area contributed by atoms with Crippen LogP contribution in [0.2, 0.25) is 0 Å². The van der Waals surface area contributed by atoms with Gasteiger partial charge in [0, 0.05) is 16.9 Å². The molecule has 6 nitrogen and oxygen atoms in total. The summed E-state index contributed by atoms with van der Waals surface area (Å²) in [6.07, 6.45) is 0. The van der Waals surface area contributed by atoms with Crippen molar-refractivity contribution in [2.75, 3.05) is 17.3 Å². The van der Waals surface area contributed by atoms with E-state index in [-0.39, 0.29) is 11.9 Å². The number of hydrogen-bond donors (Lipinski definition) is 2. The number of carbonyl (C=O) groups is 1. The molecule has 1 saturated heterocycles. The highest BCUT2D eigenvalue weighted by Crippen LogP contribution is 2.50. The Morgan fingerprint density at radius 3 is 2.52 bits per heavy atom. The second kappa shape index (κ2) is 8.08. The van der Waals surface area contributed by atoms with Crippen LogP contribution < -0.4 is 25.0 Å². The maximum Gasteiger partial charge on any atom is 0.236 e. The maximum absolute atomic E-state index is 13.8. The molecule has 2 heterocycles. The van der Waals surface area contributed by atoms with Crippen molar-refractivity contribution in [1.82, 2.24) is 5.32 Å². The van der Waals surface area contributed by atoms with E-state index in [4.69, 9.17) is 21.7 Å². The predicted molar refractivity (Wildman–Crippen MR) is 133 cm³/mol. The highest BCUT2D eigenvalue weighted by atomic mass is 32.1. The lowest BCUT2D eigenvalue weighted by molar-refractivity contribution is -0.130. The maximum atomic E-state index is 13.8. The van der Waals surface area contributed by atoms with E-state index in [1.165, 1.54) is 0 Å². The summed E-state index contributed by atoms with van der Waals surface area (Å²) in [6, 6.07) is 22.7. The first-order valence-electron chi connectivity index (χ1n) is 10.8. The summed E-state index contributed by atoms with van der Waals surface area (Å²) in [5, 5.41) is 7.03. The fourth-order valence-corrected chi connectivity index (χ4v) is 5.21. The molecule has 3 aromatic rings. The van der Waals surface area contributed by atoms with Crippen molar-refractivity contribution >= 4 is 34.6 Å². The molecule has 0 spiro atoms. The van der Waals surface area contributed by atoms with Gasteiger partial charge in [-0.2, -0.15) is 0 Å². The fourth-order valence-electron chi connectivity index (χ4n) is 4.80. The van der Waals surface area contributed by atoms with Gasteiger partial charge in [-0.05, 0) is 68.0 Å². The quantitative estimate of drug-likeness (QED) is 0.547. The van der Waals surface area contributed by atoms with Gasteiger partial charge in [0.1, 0.15) is 17.4 Å². The number of para-hydroxylation sites is 2. The average Bonchev–Trinajstić information content (AvgIpc) is 2.80. The summed E-state index contributed by atoms with van der Waals surface area (Å²) in [6.45, 7) is 3.96. The third-order valence-electron chi connectivity index (χ3n) is 6.40. The number of rotatable bonds is 4. The van der Waals surface area contributed by atoms with Crippen molar-refractivity contribution in [1.29, 1.82) is 0 Å². The van der Waals surface area contributed by atoms with Crippen LogP contribution in [0.4, 0.5) is 11.4 Å². The summed E-state index contributed by atoms with van der Waals surface area (Å²) in [4.78, 5) is 15.7. The summed E-state index contributed by atoms with van der Waals surface area (Å²) >= 11 is 5.81. The molecule has 0 aliphatic carbocycles. The molecule has 3 unspecified atom stereocenters. The van der Waals surface area contributed by atoms with Gasteiger partial charge in [0.05, 0.1) is 13.2 Å². The van der Waals surface area contributed by atoms with Crippen LogP contribution in [-0.2, 0) is 4.79 Å². The molecule has 2 bridgehead atoms. The highest BCUT2D eigenvalue weighted by Gasteiger charge is 2.59. The molecular formula is C26H25N3O3S. The Kier molecular flexibility index (Phi) is 5.21. The first kappa shape index (κ1) is 21.3. The Morgan fingerprint density at radius 2 is 1.79 bits per heavy atom. The third-order valence-corrected chi connectivity index (χ3v) is 6.70. The number of methoxy groups -OCH3 is 1. The summed E-state index contributed by atoms with van der Waals surface area (Å²) in [7, 11) is 1.61. The molecule has 0 aromatic heterocycles. The van der Waals surface area contributed by atoms with Crippen LogP contribution in [0, 0.1) is 12.8 Å². The van der Waals surface area contributed by atoms with Crippen molar-refractivity contribution in [2.45, 2.75) is 25.6 Å². The van der Waals surface area contributed by atoms with Crippen LogP contribution in [0.5, 0.6) is 11.5 Å². The van der Waals surface area contributed by atoms with Crippen LogP contribution in [0.1, 0.15) is 24.1 Å². The van der Waals surface area contributed by atoms with Crippen molar-refractivity contribution < 1.29 is 14.3 Å². The fraction of sp³-hybridized carbons (Fsp3) is 0.231. The lowest BCUT2D eigenvalue weighted by atomic mass is 9.78. The SMILES string of the molecule is COc1ccc(NC(=O)C2C3NC(=S)N(c4ccccc4C)C2(C)Oc2ccccc23)cc1. The molecule has 3 atom stereocenters. The van der Waals surface area contributed by atoms with Crippen LogP contribution in [-0.4, -0.2) is 23.9 Å². The van der Waals surface area contributed by atoms with Gasteiger partial charge >= 0.3 is 0 Å². The summed E-state index contributed by atoms with van der Waals surface area (Å²) in [5.74, 6) is 0.730. The molecule has 1 fully saturated rings. The zero-order valence-electron chi connectivity index (χ0n) is 18.7. The second-order valence-corrected chi connectivity index (χ2v) is 8.83. The zero-order valence-corrected chi connectivity index (χ0v) is 19.5. The normalized spacial score (nSPS) is 23.1. The van der Waals surface area contributed by atoms with Gasteiger partial charge in [-0.3, -0.25) is 9.69 Å². The van der Waals surface area contributed by atoms with Crippen molar-refractivity contribution in [3.63, 3.8) is 0 Å². The van der Waals surface area contributed by atoms with E-state index in [0.29, 0.717) is 10.8 Å². The lowest BCUT2D eigenvalue weighted by Gasteiger charge is -2.56. The van der Waals surface area contributed by atoms with E-state index < -0.39 is 11.6 Å². The predicted octanol–water partition coefficient (Wildman–Crippen LogP) is 4.80. The lowest BCUT2D eigenvalue weighted by Crippen LogP contribution is -2.72. The molecule has 33 heavy (non-hydrogen) atoms. The number of aryl methyl sites for hydroxylation is 1. The Balaban J connectivity index is 1.60. The van der Waals surface area contributed by atoms with Gasteiger partial charge in [-0.1, -0.05) is 36.4 Å². The van der Waals surface area contributed by atoms with Crippen LogP contribution in [0.3, 0.4) is 0 Å². The molecule has 0 radical (unpaired) electrons. The van der Waals surface area contributed by atoms with E-state index >= 15 is 0 Å². The summed E-state index contributed by atoms with van der Waals surface area (Å²) in [5.41, 5.74) is 2.50. The van der Waals surface area contributed by atoms with Gasteiger partial charge < -0.3 is 20.1 Å². The second-order valence-electron chi connectivity index (χ2n) is 8.44. The largest absolute Gasteiger partial charge is 0.497 e. The molecule has 3 aromatic carbocycles. The molecule has 7 heteroatoms. The molecular weight excluding hydrogens is 434 g/mol. The Morgan fingerprint density at radius 1 is 1.09 bits per heavy atom. The van der Waals surface area contributed by atoms with E-state index in [2.05, 4.69) is 10.6 Å². The first-order chi connectivity index (χ1) is 15.9. The van der Waals surface area contributed by atoms with Crippen molar-refractivity contribution in [2.24, 2.45) is 5.92 Å². The monoisotopic (exact) mass is 459 g/mol. The van der Waals surface area contributed by atoms with Gasteiger partial charge in [-0.25, -0.2) is 0 Å². The topological polar surface area (TPSA) is 62.8 Å². The Labute approximate surface area is 198 Å². The van der Waals surface area contributed by atoms with Gasteiger partial charge in [-0.15, -0.1) is 0 Å². The average molecular weight is 460 g/mol. The van der Waals surface area contributed by atoms with Gasteiger partial charge in [0.25, 0.3) is 0 Å². The van der Waals surface area contributed by atoms with Crippen molar-refractivity contribution in [3.8, 4) is 11.5 Å². The first-order valence-corrected chi connectivity index (χ1v) is 11.2. The summed E-state index contributed by atoms with van der Waals surface area (Å²) < 4.78 is 11.8.